The molecule has 0 saturated carbocycles. The van der Waals surface area contributed by atoms with E-state index >= 15 is 0 Å². The third kappa shape index (κ3) is 3.44. The van der Waals surface area contributed by atoms with Crippen molar-refractivity contribution in [3.8, 4) is 0 Å². The summed E-state index contributed by atoms with van der Waals surface area (Å²) in [6.07, 6.45) is 3.51. The zero-order valence-corrected chi connectivity index (χ0v) is 16.5. The number of H-pyrrole nitrogens is 1. The first-order valence-electron chi connectivity index (χ1n) is 9.50. The van der Waals surface area contributed by atoms with Crippen LogP contribution in [0.2, 0.25) is 0 Å². The highest BCUT2D eigenvalue weighted by atomic mass is 16.4. The van der Waals surface area contributed by atoms with Gasteiger partial charge in [-0.1, -0.05) is 0 Å². The summed E-state index contributed by atoms with van der Waals surface area (Å²) in [5.41, 5.74) is 3.59. The molecule has 1 aliphatic heterocycles. The van der Waals surface area contributed by atoms with Gasteiger partial charge < -0.3 is 15.1 Å². The van der Waals surface area contributed by atoms with E-state index in [4.69, 9.17) is 4.42 Å². The van der Waals surface area contributed by atoms with Crippen molar-refractivity contribution in [2.45, 2.75) is 6.92 Å². The second-order valence-electron chi connectivity index (χ2n) is 7.11. The summed E-state index contributed by atoms with van der Waals surface area (Å²) in [5, 5.41) is 10.7. The molecule has 1 aliphatic rings. The number of benzene rings is 1. The van der Waals surface area contributed by atoms with Gasteiger partial charge in [0.1, 0.15) is 11.6 Å². The topological polar surface area (TPSA) is 115 Å². The molecule has 3 N–H and O–H groups in total. The third-order valence-electron chi connectivity index (χ3n) is 4.97. The zero-order valence-electron chi connectivity index (χ0n) is 16.5. The van der Waals surface area contributed by atoms with Gasteiger partial charge in [0.05, 0.1) is 23.9 Å². The molecule has 152 valence electrons. The van der Waals surface area contributed by atoms with Crippen LogP contribution in [0.1, 0.15) is 5.56 Å². The van der Waals surface area contributed by atoms with E-state index in [2.05, 4.69) is 40.6 Å². The van der Waals surface area contributed by atoms with E-state index in [0.29, 0.717) is 22.9 Å². The minimum atomic E-state index is -0.479. The molecule has 4 aromatic rings. The quantitative estimate of drug-likeness (QED) is 0.462. The number of hydrazine groups is 1. The molecule has 4 heterocycles. The number of aromatic nitrogens is 4. The van der Waals surface area contributed by atoms with Gasteiger partial charge in [0.15, 0.2) is 5.58 Å². The molecule has 0 atom stereocenters. The van der Waals surface area contributed by atoms with E-state index in [0.717, 1.165) is 35.8 Å². The average Bonchev–Trinajstić information content (AvgIpc) is 3.10. The monoisotopic (exact) mass is 404 g/mol. The van der Waals surface area contributed by atoms with Crippen molar-refractivity contribution in [3.63, 3.8) is 0 Å². The maximum absolute atomic E-state index is 11.3. The first kappa shape index (κ1) is 18.1. The fourth-order valence-electron chi connectivity index (χ4n) is 3.23. The van der Waals surface area contributed by atoms with E-state index < -0.39 is 5.76 Å². The first-order chi connectivity index (χ1) is 14.5. The summed E-state index contributed by atoms with van der Waals surface area (Å²) >= 11 is 0. The summed E-state index contributed by atoms with van der Waals surface area (Å²) in [7, 11) is 2.04. The fourth-order valence-corrected chi connectivity index (χ4v) is 3.23. The van der Waals surface area contributed by atoms with Gasteiger partial charge in [-0.25, -0.2) is 19.8 Å². The molecule has 10 nitrogen and oxygen atoms in total. The lowest BCUT2D eigenvalue weighted by Gasteiger charge is -2.42. The van der Waals surface area contributed by atoms with Crippen molar-refractivity contribution in [2.75, 3.05) is 35.8 Å². The molecule has 30 heavy (non-hydrogen) atoms. The number of anilines is 5. The third-order valence-corrected chi connectivity index (χ3v) is 4.97. The van der Waals surface area contributed by atoms with Crippen LogP contribution in [0.15, 0.2) is 51.9 Å². The summed E-state index contributed by atoms with van der Waals surface area (Å²) in [5.74, 6) is 1.54. The molecule has 0 spiro atoms. The zero-order chi connectivity index (χ0) is 20.7. The van der Waals surface area contributed by atoms with Gasteiger partial charge in [-0.2, -0.15) is 4.98 Å². The fraction of sp³-hybridized carbons (Fsp3) is 0.200. The maximum atomic E-state index is 11.3. The van der Waals surface area contributed by atoms with Gasteiger partial charge in [0.2, 0.25) is 5.95 Å². The lowest BCUT2D eigenvalue weighted by molar-refractivity contribution is 0.215. The molecule has 10 heteroatoms. The van der Waals surface area contributed by atoms with E-state index in [-0.39, 0.29) is 0 Å². The van der Waals surface area contributed by atoms with E-state index in [1.54, 1.807) is 24.5 Å². The lowest BCUT2D eigenvalue weighted by Crippen LogP contribution is -2.55. The number of aryl methyl sites for hydroxylation is 1. The second-order valence-corrected chi connectivity index (χ2v) is 7.11. The molecule has 0 radical (unpaired) electrons. The van der Waals surface area contributed by atoms with Crippen LogP contribution in [0.4, 0.5) is 29.0 Å². The number of nitrogens with one attached hydrogen (secondary N) is 3. The Morgan fingerprint density at radius 1 is 1.07 bits per heavy atom. The van der Waals surface area contributed by atoms with Crippen molar-refractivity contribution >= 4 is 40.1 Å². The Kier molecular flexibility index (Phi) is 4.32. The van der Waals surface area contributed by atoms with Gasteiger partial charge in [0.25, 0.3) is 0 Å². The Bertz CT molecular complexity index is 1260. The molecule has 1 fully saturated rings. The molecule has 5 rings (SSSR count). The van der Waals surface area contributed by atoms with Crippen LogP contribution in [0.3, 0.4) is 0 Å². The first-order valence-corrected chi connectivity index (χ1v) is 9.50. The predicted octanol–water partition coefficient (Wildman–Crippen LogP) is 2.77. The minimum absolute atomic E-state index is 0.455. The van der Waals surface area contributed by atoms with E-state index in [1.165, 1.54) is 0 Å². The molecule has 1 saturated heterocycles. The van der Waals surface area contributed by atoms with Crippen molar-refractivity contribution in [3.05, 3.63) is 58.8 Å². The number of pyridine rings is 1. The normalized spacial score (nSPS) is 14.0. The Labute approximate surface area is 171 Å². The van der Waals surface area contributed by atoms with Gasteiger partial charge >= 0.3 is 5.76 Å². The van der Waals surface area contributed by atoms with Crippen LogP contribution in [0, 0.1) is 6.92 Å². The van der Waals surface area contributed by atoms with Crippen LogP contribution in [-0.4, -0.2) is 45.1 Å². The smallest absolute Gasteiger partial charge is 0.408 e. The Morgan fingerprint density at radius 2 is 1.93 bits per heavy atom. The van der Waals surface area contributed by atoms with Gasteiger partial charge in [-0.05, 0) is 37.3 Å². The molecule has 1 aromatic carbocycles. The van der Waals surface area contributed by atoms with E-state index in [9.17, 15) is 4.79 Å². The van der Waals surface area contributed by atoms with Crippen LogP contribution in [0.25, 0.3) is 11.1 Å². The van der Waals surface area contributed by atoms with Crippen molar-refractivity contribution in [1.82, 2.24) is 24.9 Å². The summed E-state index contributed by atoms with van der Waals surface area (Å²) in [4.78, 5) is 27.4. The number of aromatic amines is 1. The Hall–Kier alpha value is -3.92. The highest BCUT2D eigenvalue weighted by Gasteiger charge is 2.22. The molecule has 0 bridgehead atoms. The van der Waals surface area contributed by atoms with Crippen molar-refractivity contribution < 1.29 is 4.42 Å². The molecular formula is C20H20N8O2. The maximum Gasteiger partial charge on any atom is 0.417 e. The SMILES string of the molecule is Cc1cnc(Nc2ccc(N3CCN3C)nc2)nc1Nc1ccc2oc(=O)[nH]c2c1. The summed E-state index contributed by atoms with van der Waals surface area (Å²) in [6, 6.07) is 9.27. The Morgan fingerprint density at radius 3 is 2.67 bits per heavy atom. The molecule has 0 aliphatic carbocycles. The number of oxazole rings is 1. The van der Waals surface area contributed by atoms with Gasteiger partial charge in [0, 0.05) is 31.0 Å². The van der Waals surface area contributed by atoms with Crippen LogP contribution in [-0.2, 0) is 0 Å². The van der Waals surface area contributed by atoms with Crippen molar-refractivity contribution in [1.29, 1.82) is 0 Å². The van der Waals surface area contributed by atoms with Crippen molar-refractivity contribution in [2.24, 2.45) is 0 Å². The number of likely N-dealkylation sites (N-methyl/N-ethyl adjacent to an activating group) is 1. The van der Waals surface area contributed by atoms with Gasteiger partial charge in [-0.3, -0.25) is 9.99 Å². The highest BCUT2D eigenvalue weighted by molar-refractivity contribution is 5.78. The average molecular weight is 404 g/mol. The van der Waals surface area contributed by atoms with E-state index in [1.807, 2.05) is 32.2 Å². The summed E-state index contributed by atoms with van der Waals surface area (Å²) < 4.78 is 5.04. The lowest BCUT2D eigenvalue weighted by atomic mass is 10.2. The number of hydrogen-bond donors (Lipinski definition) is 3. The molecular weight excluding hydrogens is 384 g/mol. The summed E-state index contributed by atoms with van der Waals surface area (Å²) in [6.45, 7) is 3.94. The van der Waals surface area contributed by atoms with Crippen LogP contribution >= 0.6 is 0 Å². The number of nitrogens with zero attached hydrogens (tertiary/aromatic N) is 5. The Balaban J connectivity index is 1.34. The predicted molar refractivity (Wildman–Crippen MR) is 114 cm³/mol. The largest absolute Gasteiger partial charge is 0.417 e. The number of rotatable bonds is 5. The van der Waals surface area contributed by atoms with Crippen LogP contribution < -0.4 is 21.4 Å². The van der Waals surface area contributed by atoms with Crippen LogP contribution in [0.5, 0.6) is 0 Å². The van der Waals surface area contributed by atoms with Gasteiger partial charge in [-0.15, -0.1) is 0 Å². The molecule has 0 unspecified atom stereocenters. The number of fused-ring (bicyclic) bond motifs is 1. The standard InChI is InChI=1S/C20H20N8O2/c1-12-10-22-19(24-14-4-6-17(21-11-14)28-8-7-27(28)2)26-18(12)23-13-3-5-16-15(9-13)25-20(29)30-16/h3-6,9-11H,7-8H2,1-2H3,(H,25,29)(H2,22,23,24,26). The molecule has 0 amide bonds. The number of hydrogen-bond acceptors (Lipinski definition) is 9. The molecule has 3 aromatic heterocycles. The minimum Gasteiger partial charge on any atom is -0.408 e. The highest BCUT2D eigenvalue weighted by Crippen LogP contribution is 2.24. The second kappa shape index (κ2) is 7.16.